The molecule has 15 heteroatoms. The summed E-state index contributed by atoms with van der Waals surface area (Å²) in [6.07, 6.45) is 0.286. The van der Waals surface area contributed by atoms with E-state index in [0.29, 0.717) is 19.2 Å². The lowest BCUT2D eigenvalue weighted by Gasteiger charge is -2.32. The van der Waals surface area contributed by atoms with Gasteiger partial charge in [0.1, 0.15) is 23.1 Å². The van der Waals surface area contributed by atoms with E-state index < -0.39 is 64.4 Å². The van der Waals surface area contributed by atoms with Crippen molar-refractivity contribution in [3.8, 4) is 0 Å². The minimum absolute atomic E-state index is 0.139. The monoisotopic (exact) mass is 680 g/mol. The molecule has 1 N–H and O–H groups in total. The van der Waals surface area contributed by atoms with Gasteiger partial charge < -0.3 is 33.9 Å². The number of carbonyl (C=O) groups excluding carboxylic acids is 2. The average molecular weight is 681 g/mol. The quantitative estimate of drug-likeness (QED) is 0.0766. The number of benzene rings is 1. The lowest BCUT2D eigenvalue weighted by Crippen LogP contribution is -2.49. The Morgan fingerprint density at radius 3 is 2.37 bits per heavy atom. The molecule has 14 nitrogen and oxygen atoms in total. The van der Waals surface area contributed by atoms with Crippen LogP contribution in [0.2, 0.25) is 6.32 Å². The predicted molar refractivity (Wildman–Crippen MR) is 188 cm³/mol. The summed E-state index contributed by atoms with van der Waals surface area (Å²) in [6, 6.07) is 9.21. The van der Waals surface area contributed by atoms with Crippen LogP contribution in [0.5, 0.6) is 0 Å². The van der Waals surface area contributed by atoms with Gasteiger partial charge in [0.25, 0.3) is 10.9 Å². The molecule has 3 atom stereocenters. The summed E-state index contributed by atoms with van der Waals surface area (Å²) in [5.74, 6) is -1.27. The summed E-state index contributed by atoms with van der Waals surface area (Å²) in [4.78, 5) is 58.5. The van der Waals surface area contributed by atoms with Crippen molar-refractivity contribution in [1.82, 2.24) is 5.32 Å². The van der Waals surface area contributed by atoms with Crippen LogP contribution in [0, 0.1) is 5.92 Å². The number of nitrogens with one attached hydrogen (secondary N) is 1. The van der Waals surface area contributed by atoms with E-state index >= 15 is 0 Å². The third kappa shape index (κ3) is 8.22. The molecule has 0 saturated carbocycles. The van der Waals surface area contributed by atoms with E-state index in [1.54, 1.807) is 44.5 Å². The van der Waals surface area contributed by atoms with Gasteiger partial charge in [-0.3, -0.25) is 14.4 Å². The first-order valence-electron chi connectivity index (χ1n) is 16.8. The zero-order chi connectivity index (χ0) is 36.4. The average Bonchev–Trinajstić information content (AvgIpc) is 3.46. The minimum atomic E-state index is -1.68. The second kappa shape index (κ2) is 14.4. The largest absolute Gasteiger partial charge is 0.457 e. The third-order valence-corrected chi connectivity index (χ3v) is 9.65. The Morgan fingerprint density at radius 2 is 1.78 bits per heavy atom. The molecule has 2 aromatic carbocycles. The van der Waals surface area contributed by atoms with Crippen molar-refractivity contribution >= 4 is 30.6 Å². The van der Waals surface area contributed by atoms with Gasteiger partial charge in [-0.2, -0.15) is 0 Å². The first-order valence-corrected chi connectivity index (χ1v) is 16.8. The van der Waals surface area contributed by atoms with Crippen LogP contribution in [0.1, 0.15) is 79.9 Å². The van der Waals surface area contributed by atoms with Crippen molar-refractivity contribution in [2.75, 3.05) is 43.0 Å². The van der Waals surface area contributed by atoms with E-state index in [9.17, 15) is 24.7 Å². The van der Waals surface area contributed by atoms with Gasteiger partial charge >= 0.3 is 19.2 Å². The Bertz CT molecular complexity index is 1610. The van der Waals surface area contributed by atoms with Gasteiger partial charge in [-0.1, -0.05) is 41.9 Å². The van der Waals surface area contributed by atoms with Crippen molar-refractivity contribution in [2.45, 2.75) is 103 Å². The zero-order valence-corrected chi connectivity index (χ0v) is 30.1. The van der Waals surface area contributed by atoms with Crippen molar-refractivity contribution in [2.24, 2.45) is 11.0 Å². The summed E-state index contributed by atoms with van der Waals surface area (Å²) >= 11 is 0. The van der Waals surface area contributed by atoms with Crippen molar-refractivity contribution in [3.63, 3.8) is 0 Å². The lowest BCUT2D eigenvalue weighted by molar-refractivity contribution is -0.156. The van der Waals surface area contributed by atoms with Gasteiger partial charge in [0.15, 0.2) is 5.54 Å². The SMILES string of the molecule is C[C@@H](OC(=O)[C@]1(N=[N+]=[N-])CN(c2c(N(C)CCNC(=O)OC(C)(C)C)c(=O)c2=O)C[C@@H]1CCCB1OC(C)(C)C(C)(C)O1)c1ccccc1. The van der Waals surface area contributed by atoms with E-state index in [2.05, 4.69) is 15.3 Å². The van der Waals surface area contributed by atoms with Gasteiger partial charge in [0, 0.05) is 44.1 Å². The molecule has 2 saturated heterocycles. The summed E-state index contributed by atoms with van der Waals surface area (Å²) in [7, 11) is 1.19. The summed E-state index contributed by atoms with van der Waals surface area (Å²) in [5, 5.41) is 6.74. The van der Waals surface area contributed by atoms with Crippen molar-refractivity contribution in [3.05, 3.63) is 66.8 Å². The van der Waals surface area contributed by atoms with Gasteiger partial charge in [0.2, 0.25) is 0 Å². The van der Waals surface area contributed by atoms with Crippen molar-refractivity contribution < 1.29 is 28.4 Å². The van der Waals surface area contributed by atoms with Crippen LogP contribution in [0.4, 0.5) is 16.2 Å². The van der Waals surface area contributed by atoms with Gasteiger partial charge in [-0.05, 0) is 79.2 Å². The molecule has 1 amide bonds. The maximum atomic E-state index is 14.1. The number of ether oxygens (including phenoxy) is 2. The number of likely N-dealkylation sites (N-methyl/N-ethyl adjacent to an activating group) is 1. The van der Waals surface area contributed by atoms with Crippen LogP contribution in [-0.4, -0.2) is 74.7 Å². The van der Waals surface area contributed by atoms with Crippen LogP contribution >= 0.6 is 0 Å². The molecule has 2 aromatic rings. The number of carbonyl (C=O) groups is 2. The number of rotatable bonds is 13. The van der Waals surface area contributed by atoms with Crippen LogP contribution < -0.4 is 26.0 Å². The fraction of sp³-hybridized carbons (Fsp3) is 0.647. The highest BCUT2D eigenvalue weighted by Crippen LogP contribution is 2.42. The Labute approximate surface area is 287 Å². The van der Waals surface area contributed by atoms with E-state index in [1.165, 1.54) is 0 Å². The zero-order valence-electron chi connectivity index (χ0n) is 30.1. The second-order valence-corrected chi connectivity index (χ2v) is 15.0. The number of alkyl carbamates (subject to hydrolysis) is 1. The molecule has 0 radical (unpaired) electrons. The maximum Gasteiger partial charge on any atom is 0.457 e. The minimum Gasteiger partial charge on any atom is -0.457 e. The highest BCUT2D eigenvalue weighted by atomic mass is 16.7. The summed E-state index contributed by atoms with van der Waals surface area (Å²) in [5.41, 5.74) is 6.13. The fourth-order valence-electron chi connectivity index (χ4n) is 6.30. The highest BCUT2D eigenvalue weighted by molar-refractivity contribution is 6.45. The van der Waals surface area contributed by atoms with Crippen LogP contribution in [0.15, 0.2) is 45.0 Å². The maximum absolute atomic E-state index is 14.1. The van der Waals surface area contributed by atoms with Gasteiger partial charge in [0.05, 0.1) is 11.2 Å². The molecule has 0 bridgehead atoms. The molecule has 0 aromatic heterocycles. The first kappa shape index (κ1) is 37.7. The molecule has 0 spiro atoms. The Kier molecular flexibility index (Phi) is 11.1. The number of hydrogen-bond donors (Lipinski definition) is 1. The molecule has 0 aliphatic carbocycles. The Morgan fingerprint density at radius 1 is 1.14 bits per heavy atom. The fourth-order valence-corrected chi connectivity index (χ4v) is 6.30. The number of amides is 1. The molecule has 2 aliphatic rings. The number of nitrogens with zero attached hydrogens (tertiary/aromatic N) is 5. The molecule has 49 heavy (non-hydrogen) atoms. The van der Waals surface area contributed by atoms with Gasteiger partial charge in [-0.15, -0.1) is 0 Å². The summed E-state index contributed by atoms with van der Waals surface area (Å²) in [6.45, 7) is 15.3. The summed E-state index contributed by atoms with van der Waals surface area (Å²) < 4.78 is 23.5. The Hall–Kier alpha value is -4.07. The molecule has 2 aliphatic heterocycles. The lowest BCUT2D eigenvalue weighted by atomic mass is 9.78. The smallest absolute Gasteiger partial charge is 0.457 e. The molecular weight excluding hydrogens is 631 g/mol. The van der Waals surface area contributed by atoms with E-state index in [-0.39, 0.29) is 37.6 Å². The third-order valence-electron chi connectivity index (χ3n) is 9.65. The van der Waals surface area contributed by atoms with E-state index in [0.717, 1.165) is 5.56 Å². The number of anilines is 2. The normalized spacial score (nSPS) is 22.0. The van der Waals surface area contributed by atoms with E-state index in [4.69, 9.17) is 18.8 Å². The Balaban J connectivity index is 1.57. The molecule has 4 rings (SSSR count). The molecule has 2 heterocycles. The van der Waals surface area contributed by atoms with Crippen molar-refractivity contribution in [1.29, 1.82) is 0 Å². The van der Waals surface area contributed by atoms with Crippen LogP contribution in [0.3, 0.4) is 0 Å². The number of hydrogen-bond acceptors (Lipinski definition) is 11. The standard InChI is InChI=1S/C34H49BN6O8/c1-22(23-14-11-10-12-15-23)46-29(44)34(38-39-36)21-41(20-24(34)16-13-17-35-48-32(5,6)33(7,8)49-35)26-25(27(42)28(26)43)40(9)19-18-37-30(45)47-31(2,3)4/h10-12,14-15,22,24H,13,16-21H2,1-9H3,(H,37,45)/t22-,24+,34+/m1/s1. The molecular formula is C34H49BN6O8. The predicted octanol–water partition coefficient (Wildman–Crippen LogP) is 4.91. The van der Waals surface area contributed by atoms with Crippen LogP contribution in [-0.2, 0) is 23.6 Å². The molecule has 0 unspecified atom stereocenters. The topological polar surface area (TPSA) is 172 Å². The number of esters is 1. The molecule has 266 valence electrons. The number of azide groups is 1. The molecule has 2 fully saturated rings. The van der Waals surface area contributed by atoms with Gasteiger partial charge in [-0.25, -0.2) is 4.79 Å². The van der Waals surface area contributed by atoms with E-state index in [1.807, 2.05) is 58.0 Å². The van der Waals surface area contributed by atoms with Crippen LogP contribution in [0.25, 0.3) is 10.4 Å². The highest BCUT2D eigenvalue weighted by Gasteiger charge is 2.55. The first-order chi connectivity index (χ1) is 22.8. The second-order valence-electron chi connectivity index (χ2n) is 15.0.